The third kappa shape index (κ3) is 4.84. The molecule has 2 amide bonds. The molecule has 1 aliphatic heterocycles. The number of nitrogens with one attached hydrogen (secondary N) is 1. The highest BCUT2D eigenvalue weighted by Crippen LogP contribution is 2.30. The Labute approximate surface area is 173 Å². The minimum Gasteiger partial charge on any atom is -0.325 e. The van der Waals surface area contributed by atoms with E-state index in [0.29, 0.717) is 34.4 Å². The molecule has 0 aliphatic carbocycles. The molecule has 1 aliphatic rings. The fourth-order valence-electron chi connectivity index (χ4n) is 2.90. The van der Waals surface area contributed by atoms with Crippen LogP contribution in [-0.4, -0.2) is 32.5 Å². The van der Waals surface area contributed by atoms with Gasteiger partial charge in [0.25, 0.3) is 0 Å². The Hall–Kier alpha value is -2.09. The molecule has 0 spiro atoms. The molecular formula is C19H18Cl2N2O4S. The fraction of sp³-hybridized carbons (Fsp3) is 0.263. The molecular weight excluding hydrogens is 423 g/mol. The lowest BCUT2D eigenvalue weighted by molar-refractivity contribution is -0.117. The molecule has 28 heavy (non-hydrogen) atoms. The van der Waals surface area contributed by atoms with E-state index in [4.69, 9.17) is 23.2 Å². The summed E-state index contributed by atoms with van der Waals surface area (Å²) in [6, 6.07) is 10.7. The molecule has 6 nitrogen and oxygen atoms in total. The van der Waals surface area contributed by atoms with Gasteiger partial charge in [0.2, 0.25) is 11.8 Å². The van der Waals surface area contributed by atoms with Crippen LogP contribution in [0.1, 0.15) is 19.3 Å². The van der Waals surface area contributed by atoms with Crippen molar-refractivity contribution >= 4 is 56.2 Å². The average Bonchev–Trinajstić information content (AvgIpc) is 3.08. The molecule has 1 fully saturated rings. The quantitative estimate of drug-likeness (QED) is 0.737. The van der Waals surface area contributed by atoms with Crippen molar-refractivity contribution in [1.29, 1.82) is 0 Å². The lowest BCUT2D eigenvalue weighted by Crippen LogP contribution is -2.24. The third-order valence-electron chi connectivity index (χ3n) is 4.38. The molecule has 148 valence electrons. The van der Waals surface area contributed by atoms with Gasteiger partial charge in [-0.3, -0.25) is 9.59 Å². The predicted molar refractivity (Wildman–Crippen MR) is 110 cm³/mol. The maximum Gasteiger partial charge on any atom is 0.227 e. The number of halogens is 2. The Balaban J connectivity index is 1.66. The molecule has 0 atom stereocenters. The topological polar surface area (TPSA) is 83.6 Å². The molecule has 9 heteroatoms. The normalized spacial score (nSPS) is 14.4. The second-order valence-electron chi connectivity index (χ2n) is 6.38. The van der Waals surface area contributed by atoms with Crippen molar-refractivity contribution < 1.29 is 18.0 Å². The van der Waals surface area contributed by atoms with E-state index >= 15 is 0 Å². The first-order chi connectivity index (χ1) is 13.3. The van der Waals surface area contributed by atoms with Crippen LogP contribution in [0.15, 0.2) is 47.4 Å². The predicted octanol–water partition coefficient (Wildman–Crippen LogP) is 3.92. The zero-order valence-electron chi connectivity index (χ0n) is 14.8. The van der Waals surface area contributed by atoms with E-state index in [1.54, 1.807) is 23.1 Å². The maximum absolute atomic E-state index is 12.3. The van der Waals surface area contributed by atoms with Crippen molar-refractivity contribution in [3.63, 3.8) is 0 Å². The number of nitrogens with zero attached hydrogens (tertiary/aromatic N) is 1. The highest BCUT2D eigenvalue weighted by molar-refractivity contribution is 7.91. The number of amides is 2. The van der Waals surface area contributed by atoms with Crippen molar-refractivity contribution in [3.8, 4) is 0 Å². The van der Waals surface area contributed by atoms with Gasteiger partial charge in [-0.25, -0.2) is 8.42 Å². The third-order valence-corrected chi connectivity index (χ3v) is 6.69. The van der Waals surface area contributed by atoms with Crippen LogP contribution in [0, 0.1) is 0 Å². The van der Waals surface area contributed by atoms with Gasteiger partial charge >= 0.3 is 0 Å². The lowest BCUT2D eigenvalue weighted by atomic mass is 10.2. The molecule has 0 bridgehead atoms. The zero-order valence-corrected chi connectivity index (χ0v) is 17.1. The summed E-state index contributed by atoms with van der Waals surface area (Å²) in [6.45, 7) is 0.618. The summed E-state index contributed by atoms with van der Waals surface area (Å²) in [4.78, 5) is 25.9. The maximum atomic E-state index is 12.3. The summed E-state index contributed by atoms with van der Waals surface area (Å²) >= 11 is 11.9. The van der Waals surface area contributed by atoms with Crippen LogP contribution >= 0.6 is 23.2 Å². The molecule has 2 aromatic rings. The first kappa shape index (κ1) is 20.6. The van der Waals surface area contributed by atoms with E-state index in [1.165, 1.54) is 24.3 Å². The molecule has 1 heterocycles. The molecule has 0 aromatic heterocycles. The van der Waals surface area contributed by atoms with Gasteiger partial charge in [-0.05, 0) is 48.9 Å². The molecule has 1 N–H and O–H groups in total. The van der Waals surface area contributed by atoms with Crippen molar-refractivity contribution in [1.82, 2.24) is 0 Å². The van der Waals surface area contributed by atoms with Crippen LogP contribution in [0.25, 0.3) is 0 Å². The first-order valence-corrected chi connectivity index (χ1v) is 11.1. The van der Waals surface area contributed by atoms with Gasteiger partial charge in [0.1, 0.15) is 0 Å². The number of carbonyl (C=O) groups excluding carboxylic acids is 2. The van der Waals surface area contributed by atoms with Gasteiger partial charge in [-0.2, -0.15) is 0 Å². The van der Waals surface area contributed by atoms with Gasteiger partial charge in [0.05, 0.1) is 21.4 Å². The Morgan fingerprint density at radius 1 is 1.11 bits per heavy atom. The first-order valence-electron chi connectivity index (χ1n) is 8.64. The van der Waals surface area contributed by atoms with E-state index in [2.05, 4.69) is 5.32 Å². The number of sulfone groups is 1. The summed E-state index contributed by atoms with van der Waals surface area (Å²) in [7, 11) is -3.61. The van der Waals surface area contributed by atoms with E-state index < -0.39 is 15.7 Å². The number of anilines is 2. The molecule has 0 unspecified atom stereocenters. The highest BCUT2D eigenvalue weighted by atomic mass is 35.5. The Morgan fingerprint density at radius 2 is 1.82 bits per heavy atom. The van der Waals surface area contributed by atoms with Crippen LogP contribution in [0.5, 0.6) is 0 Å². The fourth-order valence-corrected chi connectivity index (χ4v) is 4.43. The van der Waals surface area contributed by atoms with Crippen LogP contribution in [0.4, 0.5) is 11.4 Å². The summed E-state index contributed by atoms with van der Waals surface area (Å²) < 4.78 is 24.7. The van der Waals surface area contributed by atoms with Gasteiger partial charge < -0.3 is 10.2 Å². The smallest absolute Gasteiger partial charge is 0.227 e. The van der Waals surface area contributed by atoms with E-state index in [1.807, 2.05) is 0 Å². The lowest BCUT2D eigenvalue weighted by Gasteiger charge is -2.17. The van der Waals surface area contributed by atoms with Gasteiger partial charge in [-0.1, -0.05) is 23.2 Å². The van der Waals surface area contributed by atoms with Crippen molar-refractivity contribution in [2.45, 2.75) is 24.2 Å². The van der Waals surface area contributed by atoms with Gasteiger partial charge in [0, 0.05) is 30.1 Å². The molecule has 1 saturated heterocycles. The molecule has 2 aromatic carbocycles. The largest absolute Gasteiger partial charge is 0.325 e. The zero-order chi connectivity index (χ0) is 20.3. The van der Waals surface area contributed by atoms with Gasteiger partial charge in [0.15, 0.2) is 9.84 Å². The van der Waals surface area contributed by atoms with E-state index in [9.17, 15) is 18.0 Å². The van der Waals surface area contributed by atoms with E-state index in [-0.39, 0.29) is 23.0 Å². The van der Waals surface area contributed by atoms with Crippen molar-refractivity contribution in [2.75, 3.05) is 22.5 Å². The van der Waals surface area contributed by atoms with E-state index in [0.717, 1.165) is 6.42 Å². The number of hydrogen-bond acceptors (Lipinski definition) is 4. The minimum absolute atomic E-state index is 0.0219. The number of hydrogen-bond donors (Lipinski definition) is 1. The number of rotatable bonds is 6. The molecule has 3 rings (SSSR count). The molecule has 0 saturated carbocycles. The van der Waals surface area contributed by atoms with Gasteiger partial charge in [-0.15, -0.1) is 0 Å². The Kier molecular flexibility index (Phi) is 6.27. The summed E-state index contributed by atoms with van der Waals surface area (Å²) in [5.74, 6) is -0.805. The van der Waals surface area contributed by atoms with Crippen LogP contribution < -0.4 is 10.2 Å². The van der Waals surface area contributed by atoms with Crippen LogP contribution in [0.2, 0.25) is 10.0 Å². The van der Waals surface area contributed by atoms with Crippen molar-refractivity contribution in [2.24, 2.45) is 0 Å². The van der Waals surface area contributed by atoms with Crippen molar-refractivity contribution in [3.05, 3.63) is 52.5 Å². The number of benzene rings is 2. The Bertz CT molecular complexity index is 1010. The summed E-state index contributed by atoms with van der Waals surface area (Å²) in [6.07, 6.45) is 1.05. The monoisotopic (exact) mass is 440 g/mol. The second-order valence-corrected chi connectivity index (χ2v) is 9.34. The standard InChI is InChI=1S/C19H18Cl2N2O4S/c20-13-3-6-15(7-4-13)28(26,27)11-9-18(24)22-17-12-14(5-8-16(17)21)23-10-1-2-19(23)25/h3-8,12H,1-2,9-11H2,(H,22,24). The van der Waals surface area contributed by atoms with Crippen LogP contribution in [-0.2, 0) is 19.4 Å². The minimum atomic E-state index is -3.61. The summed E-state index contributed by atoms with van der Waals surface area (Å²) in [5, 5.41) is 3.37. The number of carbonyl (C=O) groups is 2. The SMILES string of the molecule is O=C(CCS(=O)(=O)c1ccc(Cl)cc1)Nc1cc(N2CCCC2=O)ccc1Cl. The highest BCUT2D eigenvalue weighted by Gasteiger charge is 2.23. The Morgan fingerprint density at radius 3 is 2.46 bits per heavy atom. The summed E-state index contributed by atoms with van der Waals surface area (Å²) in [5.41, 5.74) is 0.990. The van der Waals surface area contributed by atoms with Crippen LogP contribution in [0.3, 0.4) is 0 Å². The average molecular weight is 441 g/mol. The molecule has 0 radical (unpaired) electrons. The second kappa shape index (κ2) is 8.51.